The maximum atomic E-state index is 12.4. The second-order valence-electron chi connectivity index (χ2n) is 5.94. The monoisotopic (exact) mass is 380 g/mol. The first-order valence-corrected chi connectivity index (χ1v) is 9.95. The average Bonchev–Trinajstić information content (AvgIpc) is 3.13. The fraction of sp³-hybridized carbons (Fsp3) is 0.250. The first kappa shape index (κ1) is 18.8. The highest BCUT2D eigenvalue weighted by atomic mass is 32.2. The van der Waals surface area contributed by atoms with Crippen molar-refractivity contribution in [1.29, 1.82) is 5.26 Å². The fourth-order valence-electron chi connectivity index (χ4n) is 2.71. The standard InChI is InChI=1S/C20H20N4O2S/c1-27-11-10-17(20-23-15-7-3-4-8-16(15)24-20)22-19(25)13-26-18-9-5-2-6-14(18)12-21/h2-9,17H,10-11,13H2,1H3,(H,22,25)(H,23,24). The molecule has 0 spiro atoms. The molecular weight excluding hydrogens is 360 g/mol. The molecule has 0 aliphatic rings. The van der Waals surface area contributed by atoms with E-state index >= 15 is 0 Å². The Morgan fingerprint density at radius 1 is 1.30 bits per heavy atom. The molecule has 1 heterocycles. The molecule has 3 aromatic rings. The molecule has 7 heteroatoms. The van der Waals surface area contributed by atoms with Crippen LogP contribution in [-0.4, -0.2) is 34.5 Å². The maximum absolute atomic E-state index is 12.4. The van der Waals surface area contributed by atoms with Crippen molar-refractivity contribution in [1.82, 2.24) is 15.3 Å². The molecule has 0 fully saturated rings. The molecule has 27 heavy (non-hydrogen) atoms. The Hall–Kier alpha value is -2.98. The lowest BCUT2D eigenvalue weighted by Crippen LogP contribution is -2.33. The van der Waals surface area contributed by atoms with E-state index in [1.807, 2.05) is 30.5 Å². The van der Waals surface area contributed by atoms with E-state index in [1.54, 1.807) is 36.0 Å². The summed E-state index contributed by atoms with van der Waals surface area (Å²) in [6, 6.07) is 16.5. The van der Waals surface area contributed by atoms with Crippen molar-refractivity contribution in [2.45, 2.75) is 12.5 Å². The highest BCUT2D eigenvalue weighted by Gasteiger charge is 2.18. The van der Waals surface area contributed by atoms with Gasteiger partial charge in [0.1, 0.15) is 17.6 Å². The molecule has 0 saturated heterocycles. The van der Waals surface area contributed by atoms with Crippen molar-refractivity contribution < 1.29 is 9.53 Å². The van der Waals surface area contributed by atoms with Crippen molar-refractivity contribution in [3.8, 4) is 11.8 Å². The minimum absolute atomic E-state index is 0.158. The lowest BCUT2D eigenvalue weighted by Gasteiger charge is -2.16. The van der Waals surface area contributed by atoms with Crippen molar-refractivity contribution in [2.75, 3.05) is 18.6 Å². The van der Waals surface area contributed by atoms with Gasteiger partial charge < -0.3 is 15.0 Å². The van der Waals surface area contributed by atoms with Crippen molar-refractivity contribution in [3.63, 3.8) is 0 Å². The number of nitrogens with zero attached hydrogens (tertiary/aromatic N) is 2. The molecule has 1 aromatic heterocycles. The van der Waals surface area contributed by atoms with E-state index in [-0.39, 0.29) is 18.6 Å². The van der Waals surface area contributed by atoms with E-state index in [4.69, 9.17) is 10.00 Å². The summed E-state index contributed by atoms with van der Waals surface area (Å²) in [5.74, 6) is 1.77. The van der Waals surface area contributed by atoms with Crippen molar-refractivity contribution in [3.05, 3.63) is 59.9 Å². The van der Waals surface area contributed by atoms with E-state index in [9.17, 15) is 4.79 Å². The number of aromatic amines is 1. The Bertz CT molecular complexity index is 931. The number of amides is 1. The van der Waals surface area contributed by atoms with Gasteiger partial charge in [-0.1, -0.05) is 24.3 Å². The predicted molar refractivity (Wildman–Crippen MR) is 107 cm³/mol. The van der Waals surface area contributed by atoms with Crippen molar-refractivity contribution in [2.24, 2.45) is 0 Å². The molecule has 2 N–H and O–H groups in total. The molecule has 6 nitrogen and oxygen atoms in total. The van der Waals surface area contributed by atoms with Crippen molar-refractivity contribution >= 4 is 28.7 Å². The van der Waals surface area contributed by atoms with Crippen LogP contribution in [0.1, 0.15) is 23.9 Å². The van der Waals surface area contributed by atoms with Gasteiger partial charge in [-0.05, 0) is 42.7 Å². The van der Waals surface area contributed by atoms with E-state index in [2.05, 4.69) is 21.4 Å². The average molecular weight is 380 g/mol. The van der Waals surface area contributed by atoms with Gasteiger partial charge in [0.05, 0.1) is 22.6 Å². The summed E-state index contributed by atoms with van der Waals surface area (Å²) in [7, 11) is 0. The number of rotatable bonds is 8. The molecule has 1 unspecified atom stereocenters. The number of hydrogen-bond acceptors (Lipinski definition) is 5. The quantitative estimate of drug-likeness (QED) is 0.625. The number of aromatic nitrogens is 2. The van der Waals surface area contributed by atoms with Crippen LogP contribution in [-0.2, 0) is 4.79 Å². The summed E-state index contributed by atoms with van der Waals surface area (Å²) in [5.41, 5.74) is 2.21. The summed E-state index contributed by atoms with van der Waals surface area (Å²) >= 11 is 1.71. The van der Waals surface area contributed by atoms with Gasteiger partial charge in [-0.25, -0.2) is 4.98 Å². The number of thioether (sulfide) groups is 1. The van der Waals surface area contributed by atoms with E-state index in [0.29, 0.717) is 11.3 Å². The smallest absolute Gasteiger partial charge is 0.258 e. The first-order chi connectivity index (χ1) is 13.2. The molecule has 0 radical (unpaired) electrons. The lowest BCUT2D eigenvalue weighted by atomic mass is 10.2. The molecule has 1 amide bonds. The van der Waals surface area contributed by atoms with Gasteiger partial charge in [-0.3, -0.25) is 4.79 Å². The van der Waals surface area contributed by atoms with Crippen LogP contribution in [0.3, 0.4) is 0 Å². The number of benzene rings is 2. The molecule has 0 aliphatic heterocycles. The highest BCUT2D eigenvalue weighted by molar-refractivity contribution is 7.98. The normalized spacial score (nSPS) is 11.7. The molecule has 0 saturated carbocycles. The van der Waals surface area contributed by atoms with Crippen LogP contribution in [0.5, 0.6) is 5.75 Å². The zero-order chi connectivity index (χ0) is 19.1. The third-order valence-electron chi connectivity index (χ3n) is 4.05. The van der Waals surface area contributed by atoms with E-state index in [1.165, 1.54) is 0 Å². The summed E-state index contributed by atoms with van der Waals surface area (Å²) in [6.45, 7) is -0.158. The Kier molecular flexibility index (Phi) is 6.34. The summed E-state index contributed by atoms with van der Waals surface area (Å²) in [5, 5.41) is 12.1. The number of para-hydroxylation sites is 3. The zero-order valence-electron chi connectivity index (χ0n) is 14.9. The maximum Gasteiger partial charge on any atom is 0.258 e. The first-order valence-electron chi connectivity index (χ1n) is 8.56. The molecule has 138 valence electrons. The summed E-state index contributed by atoms with van der Waals surface area (Å²) in [6.07, 6.45) is 2.78. The Labute approximate surface area is 161 Å². The highest BCUT2D eigenvalue weighted by Crippen LogP contribution is 2.20. The molecular formula is C20H20N4O2S. The number of carbonyl (C=O) groups excluding carboxylic acids is 1. The van der Waals surface area contributed by atoms with Gasteiger partial charge in [-0.15, -0.1) is 0 Å². The van der Waals surface area contributed by atoms with Crippen LogP contribution in [0, 0.1) is 11.3 Å². The van der Waals surface area contributed by atoms with Gasteiger partial charge in [-0.2, -0.15) is 17.0 Å². The van der Waals surface area contributed by atoms with Gasteiger partial charge in [0, 0.05) is 0 Å². The van der Waals surface area contributed by atoms with Gasteiger partial charge in [0.25, 0.3) is 5.91 Å². The zero-order valence-corrected chi connectivity index (χ0v) is 15.8. The number of fused-ring (bicyclic) bond motifs is 1. The summed E-state index contributed by atoms with van der Waals surface area (Å²) < 4.78 is 5.52. The van der Waals surface area contributed by atoms with Gasteiger partial charge >= 0.3 is 0 Å². The molecule has 0 bridgehead atoms. The van der Waals surface area contributed by atoms with Crippen LogP contribution in [0.25, 0.3) is 11.0 Å². The molecule has 0 aliphatic carbocycles. The van der Waals surface area contributed by atoms with E-state index in [0.717, 1.165) is 29.0 Å². The molecule has 2 aromatic carbocycles. The SMILES string of the molecule is CSCCC(NC(=O)COc1ccccc1C#N)c1nc2ccccc2[nH]1. The number of carbonyl (C=O) groups is 1. The largest absolute Gasteiger partial charge is 0.482 e. The van der Waals surface area contributed by atoms with Crippen LogP contribution in [0.2, 0.25) is 0 Å². The van der Waals surface area contributed by atoms with Gasteiger partial charge in [0.2, 0.25) is 0 Å². The second kappa shape index (κ2) is 9.10. The Morgan fingerprint density at radius 2 is 2.07 bits per heavy atom. The van der Waals surface area contributed by atoms with E-state index < -0.39 is 0 Å². The minimum Gasteiger partial charge on any atom is -0.482 e. The molecule has 1 atom stereocenters. The van der Waals surface area contributed by atoms with Crippen LogP contribution < -0.4 is 10.1 Å². The number of hydrogen-bond donors (Lipinski definition) is 2. The third-order valence-corrected chi connectivity index (χ3v) is 4.69. The summed E-state index contributed by atoms with van der Waals surface area (Å²) in [4.78, 5) is 20.3. The number of nitriles is 1. The predicted octanol–water partition coefficient (Wildman–Crippen LogP) is 3.42. The van der Waals surface area contributed by atoms with Gasteiger partial charge in [0.15, 0.2) is 6.61 Å². The Morgan fingerprint density at radius 3 is 2.85 bits per heavy atom. The lowest BCUT2D eigenvalue weighted by molar-refractivity contribution is -0.123. The number of ether oxygens (including phenoxy) is 1. The number of H-pyrrole nitrogens is 1. The Balaban J connectivity index is 1.68. The topological polar surface area (TPSA) is 90.8 Å². The van der Waals surface area contributed by atoms with Crippen LogP contribution in [0.4, 0.5) is 0 Å². The minimum atomic E-state index is -0.255. The molecule has 3 rings (SSSR count). The van der Waals surface area contributed by atoms with Crippen LogP contribution in [0.15, 0.2) is 48.5 Å². The fourth-order valence-corrected chi connectivity index (χ4v) is 3.19. The second-order valence-corrected chi connectivity index (χ2v) is 6.92. The number of imidazole rings is 1. The number of nitrogens with one attached hydrogen (secondary N) is 2. The third kappa shape index (κ3) is 4.80. The van der Waals surface area contributed by atoms with Crippen LogP contribution >= 0.6 is 11.8 Å².